The number of amides is 2. The van der Waals surface area contributed by atoms with Crippen LogP contribution in [0.3, 0.4) is 0 Å². The molecule has 0 bridgehead atoms. The first-order valence-corrected chi connectivity index (χ1v) is 13.1. The maximum Gasteiger partial charge on any atom is 0.310 e. The zero-order chi connectivity index (χ0) is 27.8. The molecule has 1 fully saturated rings. The van der Waals surface area contributed by atoms with Gasteiger partial charge in [0.25, 0.3) is 5.91 Å². The molecule has 7 nitrogen and oxygen atoms in total. The fraction of sp³-hybridized carbons (Fsp3) is 0.323. The molecular weight excluding hydrogens is 499 g/mol. The van der Waals surface area contributed by atoms with E-state index in [0.717, 1.165) is 18.4 Å². The third kappa shape index (κ3) is 7.22. The van der Waals surface area contributed by atoms with Crippen LogP contribution in [-0.2, 0) is 27.3 Å². The Labute approximate surface area is 228 Å². The van der Waals surface area contributed by atoms with Crippen molar-refractivity contribution in [2.45, 2.75) is 32.7 Å². The number of piperidine rings is 1. The molecule has 0 aromatic heterocycles. The number of methoxy groups -OCH3 is 1. The summed E-state index contributed by atoms with van der Waals surface area (Å²) in [6, 6.07) is 20.2. The van der Waals surface area contributed by atoms with E-state index in [4.69, 9.17) is 9.47 Å². The number of carbonyl (C=O) groups is 3. The van der Waals surface area contributed by atoms with Crippen molar-refractivity contribution in [3.05, 3.63) is 95.3 Å². The summed E-state index contributed by atoms with van der Waals surface area (Å²) in [5.74, 6) is -0.676. The molecule has 1 unspecified atom stereocenters. The number of carbonyl (C=O) groups excluding carboxylic acids is 3. The topological polar surface area (TPSA) is 76.2 Å². The number of halogens is 1. The van der Waals surface area contributed by atoms with Crippen LogP contribution in [0.15, 0.2) is 72.8 Å². The van der Waals surface area contributed by atoms with E-state index in [1.807, 2.05) is 12.1 Å². The molecule has 2 amide bonds. The fourth-order valence-electron chi connectivity index (χ4n) is 4.75. The van der Waals surface area contributed by atoms with Gasteiger partial charge in [-0.3, -0.25) is 14.4 Å². The second-order valence-corrected chi connectivity index (χ2v) is 9.53. The van der Waals surface area contributed by atoms with E-state index in [9.17, 15) is 18.8 Å². The summed E-state index contributed by atoms with van der Waals surface area (Å²) in [5, 5.41) is 0. The van der Waals surface area contributed by atoms with Crippen LogP contribution < -0.4 is 9.64 Å². The predicted octanol–water partition coefficient (Wildman–Crippen LogP) is 5.03. The maximum atomic E-state index is 13.9. The Morgan fingerprint density at radius 3 is 2.49 bits per heavy atom. The van der Waals surface area contributed by atoms with E-state index in [2.05, 4.69) is 0 Å². The predicted molar refractivity (Wildman–Crippen MR) is 146 cm³/mol. The lowest BCUT2D eigenvalue weighted by atomic mass is 9.97. The molecule has 3 aromatic rings. The van der Waals surface area contributed by atoms with Gasteiger partial charge in [0.2, 0.25) is 5.91 Å². The Bertz CT molecular complexity index is 1310. The van der Waals surface area contributed by atoms with Crippen molar-refractivity contribution in [1.29, 1.82) is 0 Å². The smallest absolute Gasteiger partial charge is 0.310 e. The molecule has 8 heteroatoms. The number of nitrogens with zero attached hydrogens (tertiary/aromatic N) is 2. The molecule has 4 rings (SSSR count). The number of esters is 1. The van der Waals surface area contributed by atoms with E-state index >= 15 is 0 Å². The van der Waals surface area contributed by atoms with Crippen molar-refractivity contribution >= 4 is 23.5 Å². The first-order valence-electron chi connectivity index (χ1n) is 13.1. The molecule has 204 valence electrons. The van der Waals surface area contributed by atoms with Gasteiger partial charge < -0.3 is 19.3 Å². The molecule has 1 atom stereocenters. The molecule has 1 aliphatic heterocycles. The Kier molecular flexibility index (Phi) is 9.31. The van der Waals surface area contributed by atoms with Crippen molar-refractivity contribution < 1.29 is 28.2 Å². The zero-order valence-corrected chi connectivity index (χ0v) is 22.3. The zero-order valence-electron chi connectivity index (χ0n) is 22.3. The van der Waals surface area contributed by atoms with Crippen molar-refractivity contribution in [2.75, 3.05) is 31.7 Å². The van der Waals surface area contributed by atoms with Gasteiger partial charge in [-0.05, 0) is 73.4 Å². The van der Waals surface area contributed by atoms with E-state index in [0.29, 0.717) is 42.3 Å². The lowest BCUT2D eigenvalue weighted by molar-refractivity contribution is -0.151. The minimum absolute atomic E-state index is 0.0548. The molecule has 3 aromatic carbocycles. The largest absolute Gasteiger partial charge is 0.497 e. The normalized spacial score (nSPS) is 14.9. The van der Waals surface area contributed by atoms with Crippen LogP contribution in [-0.4, -0.2) is 49.5 Å². The van der Waals surface area contributed by atoms with Crippen LogP contribution in [0.4, 0.5) is 10.1 Å². The van der Waals surface area contributed by atoms with Crippen LogP contribution in [0, 0.1) is 11.7 Å². The highest BCUT2D eigenvalue weighted by atomic mass is 19.1. The molecular formula is C31H33FN2O5. The highest BCUT2D eigenvalue weighted by molar-refractivity contribution is 6.06. The molecule has 1 aliphatic rings. The van der Waals surface area contributed by atoms with E-state index in [-0.39, 0.29) is 42.5 Å². The molecule has 0 radical (unpaired) electrons. The summed E-state index contributed by atoms with van der Waals surface area (Å²) in [6.07, 6.45) is 1.67. The van der Waals surface area contributed by atoms with Gasteiger partial charge in [0.1, 0.15) is 11.6 Å². The highest BCUT2D eigenvalue weighted by Gasteiger charge is 2.29. The maximum absolute atomic E-state index is 13.9. The molecule has 1 heterocycles. The van der Waals surface area contributed by atoms with Crippen LogP contribution in [0.25, 0.3) is 0 Å². The van der Waals surface area contributed by atoms with Gasteiger partial charge in [0.05, 0.1) is 32.6 Å². The van der Waals surface area contributed by atoms with Crippen molar-refractivity contribution in [1.82, 2.24) is 4.90 Å². The van der Waals surface area contributed by atoms with Gasteiger partial charge in [0, 0.05) is 24.3 Å². The van der Waals surface area contributed by atoms with Crippen LogP contribution in [0.2, 0.25) is 0 Å². The van der Waals surface area contributed by atoms with Crippen molar-refractivity contribution in [3.63, 3.8) is 0 Å². The van der Waals surface area contributed by atoms with Gasteiger partial charge in [-0.15, -0.1) is 0 Å². The van der Waals surface area contributed by atoms with Crippen LogP contribution in [0.5, 0.6) is 5.75 Å². The number of rotatable bonds is 9. The molecule has 1 saturated heterocycles. The SMILES string of the molecule is CCOC(=O)C1CCCN(C(=O)Cc2ccc(N(Cc3cccc(F)c3)C(=O)c3cccc(OC)c3)cc2)C1. The summed E-state index contributed by atoms with van der Waals surface area (Å²) < 4.78 is 24.3. The lowest BCUT2D eigenvalue weighted by Crippen LogP contribution is -2.43. The summed E-state index contributed by atoms with van der Waals surface area (Å²) >= 11 is 0. The third-order valence-electron chi connectivity index (χ3n) is 6.79. The number of ether oxygens (including phenoxy) is 2. The summed E-state index contributed by atoms with van der Waals surface area (Å²) in [4.78, 5) is 42.0. The number of hydrogen-bond donors (Lipinski definition) is 0. The van der Waals surface area contributed by atoms with E-state index < -0.39 is 0 Å². The highest BCUT2D eigenvalue weighted by Crippen LogP contribution is 2.24. The average molecular weight is 533 g/mol. The third-order valence-corrected chi connectivity index (χ3v) is 6.79. The first kappa shape index (κ1) is 27.8. The van der Waals surface area contributed by atoms with Gasteiger partial charge in [0.15, 0.2) is 0 Å². The second kappa shape index (κ2) is 13.0. The van der Waals surface area contributed by atoms with Crippen molar-refractivity contribution in [3.8, 4) is 5.75 Å². The van der Waals surface area contributed by atoms with Crippen molar-refractivity contribution in [2.24, 2.45) is 5.92 Å². The molecule has 0 N–H and O–H groups in total. The van der Waals surface area contributed by atoms with Gasteiger partial charge in [-0.1, -0.05) is 30.3 Å². The quantitative estimate of drug-likeness (QED) is 0.362. The number of benzene rings is 3. The minimum Gasteiger partial charge on any atom is -0.497 e. The Balaban J connectivity index is 1.51. The van der Waals surface area contributed by atoms with Crippen LogP contribution in [0.1, 0.15) is 41.3 Å². The van der Waals surface area contributed by atoms with Crippen LogP contribution >= 0.6 is 0 Å². The average Bonchev–Trinajstić information content (AvgIpc) is 2.96. The lowest BCUT2D eigenvalue weighted by Gasteiger charge is -2.31. The molecule has 39 heavy (non-hydrogen) atoms. The Morgan fingerprint density at radius 2 is 1.77 bits per heavy atom. The second-order valence-electron chi connectivity index (χ2n) is 9.53. The summed E-state index contributed by atoms with van der Waals surface area (Å²) in [6.45, 7) is 3.24. The van der Waals surface area contributed by atoms with E-state index in [1.54, 1.807) is 65.3 Å². The summed E-state index contributed by atoms with van der Waals surface area (Å²) in [7, 11) is 1.54. The van der Waals surface area contributed by atoms with Gasteiger partial charge >= 0.3 is 5.97 Å². The number of hydrogen-bond acceptors (Lipinski definition) is 5. The molecule has 0 saturated carbocycles. The van der Waals surface area contributed by atoms with E-state index in [1.165, 1.54) is 19.2 Å². The number of likely N-dealkylation sites (tertiary alicyclic amines) is 1. The first-order chi connectivity index (χ1) is 18.9. The summed E-state index contributed by atoms with van der Waals surface area (Å²) in [5.41, 5.74) is 2.49. The molecule has 0 aliphatic carbocycles. The monoisotopic (exact) mass is 532 g/mol. The Hall–Kier alpha value is -4.20. The fourth-order valence-corrected chi connectivity index (χ4v) is 4.75. The molecule has 0 spiro atoms. The minimum atomic E-state index is -0.377. The standard InChI is InChI=1S/C31H33FN2O5/c1-3-39-31(37)25-9-6-16-33(21-25)29(35)18-22-12-14-27(15-13-22)34(20-23-7-4-10-26(32)17-23)30(36)24-8-5-11-28(19-24)38-2/h4-5,7-8,10-15,17,19,25H,3,6,9,16,18,20-21H2,1-2H3. The van der Waals surface area contributed by atoms with Gasteiger partial charge in [-0.2, -0.15) is 0 Å². The Morgan fingerprint density at radius 1 is 1.00 bits per heavy atom. The number of anilines is 1. The van der Waals surface area contributed by atoms with Gasteiger partial charge in [-0.25, -0.2) is 4.39 Å².